The van der Waals surface area contributed by atoms with Crippen molar-refractivity contribution in [3.63, 3.8) is 0 Å². The number of hydrogen-bond donors (Lipinski definition) is 1. The summed E-state index contributed by atoms with van der Waals surface area (Å²) in [6.45, 7) is 3.28. The number of rotatable bonds is 0. The van der Waals surface area contributed by atoms with Gasteiger partial charge in [0, 0.05) is 13.6 Å². The number of nitrogens with zero attached hydrogens (tertiary/aromatic N) is 1. The Morgan fingerprint density at radius 2 is 2.14 bits per heavy atom. The molecule has 14 heavy (non-hydrogen) atoms. The molecule has 2 heteroatoms. The van der Waals surface area contributed by atoms with Crippen molar-refractivity contribution in [2.24, 2.45) is 0 Å². The van der Waals surface area contributed by atoms with Crippen molar-refractivity contribution in [3.8, 4) is 0 Å². The monoisotopic (exact) mass is 188 g/mol. The topological polar surface area (TPSA) is 15.3 Å². The lowest BCUT2D eigenvalue weighted by Crippen LogP contribution is -2.43. The minimum Gasteiger partial charge on any atom is -0.381 e. The first kappa shape index (κ1) is 8.16. The van der Waals surface area contributed by atoms with Crippen LogP contribution in [0.15, 0.2) is 18.2 Å². The Morgan fingerprint density at radius 3 is 2.86 bits per heavy atom. The largest absolute Gasteiger partial charge is 0.381 e. The highest BCUT2D eigenvalue weighted by Crippen LogP contribution is 2.48. The van der Waals surface area contributed by atoms with Gasteiger partial charge in [0.15, 0.2) is 0 Å². The maximum atomic E-state index is 3.57. The van der Waals surface area contributed by atoms with Gasteiger partial charge in [-0.1, -0.05) is 12.1 Å². The zero-order valence-corrected chi connectivity index (χ0v) is 8.80. The zero-order chi connectivity index (χ0) is 9.76. The maximum Gasteiger partial charge on any atom is 0.0608 e. The normalized spacial score (nSPS) is 21.7. The molecule has 1 spiro atoms. The Bertz CT molecular complexity index is 380. The summed E-state index contributed by atoms with van der Waals surface area (Å²) in [4.78, 5) is 2.46. The summed E-state index contributed by atoms with van der Waals surface area (Å²) < 4.78 is 0. The Hall–Kier alpha value is -1.18. The third-order valence-electron chi connectivity index (χ3n) is 3.75. The molecule has 1 aromatic rings. The molecule has 0 atom stereocenters. The second-order valence-electron chi connectivity index (χ2n) is 4.61. The van der Waals surface area contributed by atoms with Crippen LogP contribution in [-0.4, -0.2) is 19.1 Å². The summed E-state index contributed by atoms with van der Waals surface area (Å²) in [6, 6.07) is 6.53. The first-order chi connectivity index (χ1) is 6.73. The summed E-state index contributed by atoms with van der Waals surface area (Å²) in [7, 11) is 2.23. The fourth-order valence-corrected chi connectivity index (χ4v) is 2.45. The van der Waals surface area contributed by atoms with Crippen LogP contribution >= 0.6 is 0 Å². The molecule has 1 saturated carbocycles. The highest BCUT2D eigenvalue weighted by atomic mass is 15.3. The molecule has 1 aliphatic heterocycles. The van der Waals surface area contributed by atoms with Gasteiger partial charge in [0.2, 0.25) is 0 Å². The van der Waals surface area contributed by atoms with Gasteiger partial charge in [0.25, 0.3) is 0 Å². The van der Waals surface area contributed by atoms with Crippen LogP contribution in [0.1, 0.15) is 18.4 Å². The van der Waals surface area contributed by atoms with E-state index in [1.54, 1.807) is 0 Å². The molecule has 0 saturated heterocycles. The maximum absolute atomic E-state index is 3.57. The van der Waals surface area contributed by atoms with Crippen LogP contribution in [0.5, 0.6) is 0 Å². The van der Waals surface area contributed by atoms with Gasteiger partial charge in [0.1, 0.15) is 0 Å². The molecule has 1 aliphatic carbocycles. The molecule has 0 amide bonds. The van der Waals surface area contributed by atoms with Crippen molar-refractivity contribution in [1.29, 1.82) is 0 Å². The van der Waals surface area contributed by atoms with Gasteiger partial charge in [0.05, 0.1) is 16.9 Å². The van der Waals surface area contributed by atoms with Crippen LogP contribution in [0.2, 0.25) is 0 Å². The van der Waals surface area contributed by atoms with E-state index in [0.29, 0.717) is 5.54 Å². The van der Waals surface area contributed by atoms with Crippen molar-refractivity contribution in [2.75, 3.05) is 23.8 Å². The Kier molecular flexibility index (Phi) is 1.42. The fraction of sp³-hybridized carbons (Fsp3) is 0.500. The lowest BCUT2D eigenvalue weighted by Gasteiger charge is -2.38. The standard InChI is InChI=1S/C12H16N2/c1-9-4-3-5-10-11(9)13-8-12(6-7-12)14(10)2/h3-5,13H,6-8H2,1-2H3. The lowest BCUT2D eigenvalue weighted by molar-refractivity contribution is 0.640. The van der Waals surface area contributed by atoms with Crippen LogP contribution in [0.4, 0.5) is 11.4 Å². The molecule has 0 bridgehead atoms. The molecule has 0 unspecified atom stereocenters. The molecule has 1 fully saturated rings. The number of hydrogen-bond acceptors (Lipinski definition) is 2. The molecule has 3 rings (SSSR count). The number of para-hydroxylation sites is 1. The van der Waals surface area contributed by atoms with Crippen LogP contribution in [0, 0.1) is 6.92 Å². The molecule has 1 N–H and O–H groups in total. The number of anilines is 2. The summed E-state index contributed by atoms with van der Waals surface area (Å²) in [5, 5.41) is 3.57. The third kappa shape index (κ3) is 0.912. The number of benzene rings is 1. The molecule has 2 aliphatic rings. The second-order valence-corrected chi connectivity index (χ2v) is 4.61. The van der Waals surface area contributed by atoms with Crippen molar-refractivity contribution in [1.82, 2.24) is 0 Å². The number of fused-ring (bicyclic) bond motifs is 1. The lowest BCUT2D eigenvalue weighted by atomic mass is 10.1. The van der Waals surface area contributed by atoms with Crippen molar-refractivity contribution < 1.29 is 0 Å². The fourth-order valence-electron chi connectivity index (χ4n) is 2.45. The smallest absolute Gasteiger partial charge is 0.0608 e. The predicted molar refractivity (Wildman–Crippen MR) is 60.0 cm³/mol. The molecular formula is C12H16N2. The highest BCUT2D eigenvalue weighted by molar-refractivity contribution is 5.77. The van der Waals surface area contributed by atoms with E-state index in [1.807, 2.05) is 0 Å². The van der Waals surface area contributed by atoms with E-state index in [-0.39, 0.29) is 0 Å². The van der Waals surface area contributed by atoms with E-state index in [1.165, 1.54) is 29.8 Å². The van der Waals surface area contributed by atoms with Gasteiger partial charge in [-0.15, -0.1) is 0 Å². The molecule has 0 radical (unpaired) electrons. The molecule has 2 nitrogen and oxygen atoms in total. The summed E-state index contributed by atoms with van der Waals surface area (Å²) in [5.74, 6) is 0. The molecule has 1 aromatic carbocycles. The summed E-state index contributed by atoms with van der Waals surface area (Å²) in [6.07, 6.45) is 2.67. The average Bonchev–Trinajstić information content (AvgIpc) is 2.94. The predicted octanol–water partition coefficient (Wildman–Crippen LogP) is 2.39. The number of likely N-dealkylation sites (N-methyl/N-ethyl adjacent to an activating group) is 1. The van der Waals surface area contributed by atoms with Gasteiger partial charge < -0.3 is 10.2 Å². The highest BCUT2D eigenvalue weighted by Gasteiger charge is 2.49. The number of nitrogens with one attached hydrogen (secondary N) is 1. The Balaban J connectivity index is 2.11. The van der Waals surface area contributed by atoms with E-state index in [9.17, 15) is 0 Å². The van der Waals surface area contributed by atoms with Crippen molar-refractivity contribution >= 4 is 11.4 Å². The van der Waals surface area contributed by atoms with Gasteiger partial charge in [-0.2, -0.15) is 0 Å². The van der Waals surface area contributed by atoms with E-state index in [0.717, 1.165) is 6.54 Å². The van der Waals surface area contributed by atoms with Crippen molar-refractivity contribution in [3.05, 3.63) is 23.8 Å². The van der Waals surface area contributed by atoms with Crippen LogP contribution in [-0.2, 0) is 0 Å². The minimum atomic E-state index is 0.445. The van der Waals surface area contributed by atoms with Crippen LogP contribution in [0.25, 0.3) is 0 Å². The SMILES string of the molecule is Cc1cccc2c1NCC1(CC1)N2C. The summed E-state index contributed by atoms with van der Waals surface area (Å²) in [5.41, 5.74) is 4.49. The Labute approximate surface area is 84.9 Å². The molecule has 0 aromatic heterocycles. The van der Waals surface area contributed by atoms with Crippen LogP contribution in [0.3, 0.4) is 0 Å². The number of aryl methyl sites for hydroxylation is 1. The Morgan fingerprint density at radius 1 is 1.36 bits per heavy atom. The summed E-state index contributed by atoms with van der Waals surface area (Å²) >= 11 is 0. The van der Waals surface area contributed by atoms with E-state index in [2.05, 4.69) is 42.4 Å². The van der Waals surface area contributed by atoms with Gasteiger partial charge in [-0.3, -0.25) is 0 Å². The zero-order valence-electron chi connectivity index (χ0n) is 8.80. The first-order valence-corrected chi connectivity index (χ1v) is 5.30. The second kappa shape index (κ2) is 2.44. The van der Waals surface area contributed by atoms with Gasteiger partial charge in [-0.05, 0) is 31.4 Å². The van der Waals surface area contributed by atoms with E-state index in [4.69, 9.17) is 0 Å². The van der Waals surface area contributed by atoms with Crippen molar-refractivity contribution in [2.45, 2.75) is 25.3 Å². The van der Waals surface area contributed by atoms with Gasteiger partial charge in [-0.25, -0.2) is 0 Å². The molecular weight excluding hydrogens is 172 g/mol. The quantitative estimate of drug-likeness (QED) is 0.672. The average molecular weight is 188 g/mol. The van der Waals surface area contributed by atoms with Gasteiger partial charge >= 0.3 is 0 Å². The molecule has 1 heterocycles. The van der Waals surface area contributed by atoms with E-state index >= 15 is 0 Å². The third-order valence-corrected chi connectivity index (χ3v) is 3.75. The first-order valence-electron chi connectivity index (χ1n) is 5.30. The van der Waals surface area contributed by atoms with Crippen LogP contribution < -0.4 is 10.2 Å². The molecule has 74 valence electrons. The van der Waals surface area contributed by atoms with E-state index < -0.39 is 0 Å². The minimum absolute atomic E-state index is 0.445.